The smallest absolute Gasteiger partial charge is 0.335 e. The minimum Gasteiger partial charge on any atom is -0.489 e. The second-order valence-corrected chi connectivity index (χ2v) is 8.58. The summed E-state index contributed by atoms with van der Waals surface area (Å²) in [5.74, 6) is -3.03. The number of carboxylic acid groups (broad SMARTS) is 1. The third-order valence-corrected chi connectivity index (χ3v) is 6.34. The minimum absolute atomic E-state index is 0.00399. The van der Waals surface area contributed by atoms with E-state index in [4.69, 9.17) is 27.2 Å². The lowest BCUT2D eigenvalue weighted by Crippen LogP contribution is -2.23. The SMILES string of the molecule is NC(=C1OCCCC1=NC(=O)c1c(Cl)cccc1C1(C(F)F)CC1)c1ccc(C(=O)O)cc1F. The van der Waals surface area contributed by atoms with Gasteiger partial charge in [-0.2, -0.15) is 0 Å². The molecule has 1 aliphatic carbocycles. The van der Waals surface area contributed by atoms with Crippen molar-refractivity contribution in [2.24, 2.45) is 10.7 Å². The Kier molecular flexibility index (Phi) is 6.40. The van der Waals surface area contributed by atoms with Crippen molar-refractivity contribution in [3.05, 3.63) is 75.3 Å². The van der Waals surface area contributed by atoms with Gasteiger partial charge in [-0.1, -0.05) is 23.7 Å². The van der Waals surface area contributed by atoms with Crippen molar-refractivity contribution in [3.8, 4) is 0 Å². The molecule has 1 aliphatic heterocycles. The molecular weight excluding hydrogens is 473 g/mol. The van der Waals surface area contributed by atoms with E-state index in [9.17, 15) is 22.8 Å². The van der Waals surface area contributed by atoms with Gasteiger partial charge in [0.1, 0.15) is 5.82 Å². The highest BCUT2D eigenvalue weighted by molar-refractivity contribution is 6.34. The van der Waals surface area contributed by atoms with Crippen LogP contribution in [0.4, 0.5) is 13.2 Å². The molecule has 2 aromatic carbocycles. The Morgan fingerprint density at radius 2 is 1.94 bits per heavy atom. The monoisotopic (exact) mass is 492 g/mol. The quantitative estimate of drug-likeness (QED) is 0.598. The fraction of sp³-hybridized carbons (Fsp3) is 0.292. The second kappa shape index (κ2) is 9.13. The van der Waals surface area contributed by atoms with Crippen LogP contribution in [0.1, 0.15) is 57.5 Å². The molecule has 178 valence electrons. The number of amides is 1. The summed E-state index contributed by atoms with van der Waals surface area (Å²) >= 11 is 6.24. The van der Waals surface area contributed by atoms with E-state index < -0.39 is 29.5 Å². The van der Waals surface area contributed by atoms with Crippen LogP contribution in [-0.4, -0.2) is 35.7 Å². The first kappa shape index (κ1) is 23.8. The zero-order chi connectivity index (χ0) is 24.6. The number of halogens is 4. The van der Waals surface area contributed by atoms with Crippen LogP contribution in [0.2, 0.25) is 5.02 Å². The van der Waals surface area contributed by atoms with Gasteiger partial charge in [0, 0.05) is 5.56 Å². The van der Waals surface area contributed by atoms with Gasteiger partial charge in [-0.15, -0.1) is 0 Å². The number of carboxylic acids is 1. The highest BCUT2D eigenvalue weighted by Crippen LogP contribution is 2.54. The summed E-state index contributed by atoms with van der Waals surface area (Å²) in [5.41, 5.74) is 4.35. The Balaban J connectivity index is 1.76. The van der Waals surface area contributed by atoms with Crippen LogP contribution in [0.5, 0.6) is 0 Å². The molecule has 34 heavy (non-hydrogen) atoms. The number of nitrogens with two attached hydrogens (primary N) is 1. The van der Waals surface area contributed by atoms with Gasteiger partial charge in [0.15, 0.2) is 5.76 Å². The van der Waals surface area contributed by atoms with E-state index in [0.717, 1.165) is 6.07 Å². The molecule has 6 nitrogen and oxygen atoms in total. The first-order valence-electron chi connectivity index (χ1n) is 10.5. The van der Waals surface area contributed by atoms with Crippen molar-refractivity contribution >= 4 is 34.9 Å². The largest absolute Gasteiger partial charge is 0.489 e. The van der Waals surface area contributed by atoms with Crippen LogP contribution in [0.15, 0.2) is 47.1 Å². The van der Waals surface area contributed by atoms with Crippen molar-refractivity contribution in [3.63, 3.8) is 0 Å². The molecule has 0 aromatic heterocycles. The van der Waals surface area contributed by atoms with Gasteiger partial charge in [0.25, 0.3) is 5.91 Å². The Bertz CT molecular complexity index is 1240. The van der Waals surface area contributed by atoms with Crippen molar-refractivity contribution < 1.29 is 32.6 Å². The Labute approximate surface area is 197 Å². The summed E-state index contributed by atoms with van der Waals surface area (Å²) in [6.45, 7) is 0.240. The predicted octanol–water partition coefficient (Wildman–Crippen LogP) is 5.19. The highest BCUT2D eigenvalue weighted by Gasteiger charge is 2.54. The number of aliphatic imine (C=N–C) groups is 1. The number of aromatic carboxylic acids is 1. The lowest BCUT2D eigenvalue weighted by Gasteiger charge is -2.22. The van der Waals surface area contributed by atoms with E-state index in [1.165, 1.54) is 30.3 Å². The average Bonchev–Trinajstić information content (AvgIpc) is 3.61. The van der Waals surface area contributed by atoms with Crippen LogP contribution < -0.4 is 5.73 Å². The third kappa shape index (κ3) is 4.27. The summed E-state index contributed by atoms with van der Waals surface area (Å²) in [4.78, 5) is 28.3. The molecular formula is C24H20ClF3N2O4. The maximum Gasteiger partial charge on any atom is 0.335 e. The maximum absolute atomic E-state index is 14.6. The predicted molar refractivity (Wildman–Crippen MR) is 120 cm³/mol. The van der Waals surface area contributed by atoms with Crippen molar-refractivity contribution in [1.29, 1.82) is 0 Å². The maximum atomic E-state index is 14.6. The van der Waals surface area contributed by atoms with Crippen LogP contribution in [0.3, 0.4) is 0 Å². The highest BCUT2D eigenvalue weighted by atomic mass is 35.5. The first-order valence-corrected chi connectivity index (χ1v) is 10.9. The Morgan fingerprint density at radius 1 is 1.21 bits per heavy atom. The molecule has 2 aliphatic rings. The number of ether oxygens (including phenoxy) is 1. The van der Waals surface area contributed by atoms with Crippen molar-refractivity contribution in [2.45, 2.75) is 37.5 Å². The van der Waals surface area contributed by atoms with E-state index in [2.05, 4.69) is 4.99 Å². The number of carbonyl (C=O) groups excluding carboxylic acids is 1. The zero-order valence-electron chi connectivity index (χ0n) is 17.8. The zero-order valence-corrected chi connectivity index (χ0v) is 18.5. The molecule has 1 amide bonds. The fourth-order valence-electron chi connectivity index (χ4n) is 4.01. The molecule has 0 bridgehead atoms. The lowest BCUT2D eigenvalue weighted by molar-refractivity contribution is 0.0696. The Morgan fingerprint density at radius 3 is 2.56 bits per heavy atom. The molecule has 0 spiro atoms. The van der Waals surface area contributed by atoms with Gasteiger partial charge >= 0.3 is 5.97 Å². The topological polar surface area (TPSA) is 102 Å². The summed E-state index contributed by atoms with van der Waals surface area (Å²) in [7, 11) is 0. The number of benzene rings is 2. The van der Waals surface area contributed by atoms with Gasteiger partial charge in [0.2, 0.25) is 6.43 Å². The number of rotatable bonds is 5. The average molecular weight is 493 g/mol. The number of carbonyl (C=O) groups is 2. The number of alkyl halides is 2. The molecule has 0 unspecified atom stereocenters. The van der Waals surface area contributed by atoms with E-state index in [0.29, 0.717) is 6.42 Å². The number of nitrogens with zero attached hydrogens (tertiary/aromatic N) is 1. The standard InChI is InChI=1S/C24H20ClF3N2O4/c25-15-4-1-3-14(24(8-9-24)23(27)28)18(15)21(31)30-17-5-2-10-34-20(17)19(29)13-7-6-12(22(32)33)11-16(13)26/h1,3-4,6-7,11,23H,2,5,8-10,29H2,(H,32,33). The minimum atomic E-state index is -2.66. The van der Waals surface area contributed by atoms with Crippen LogP contribution in [0, 0.1) is 5.82 Å². The lowest BCUT2D eigenvalue weighted by atomic mass is 9.91. The van der Waals surface area contributed by atoms with E-state index in [-0.39, 0.29) is 70.3 Å². The van der Waals surface area contributed by atoms with Gasteiger partial charge in [-0.3, -0.25) is 4.79 Å². The van der Waals surface area contributed by atoms with E-state index in [1.807, 2.05) is 0 Å². The summed E-state index contributed by atoms with van der Waals surface area (Å²) < 4.78 is 47.7. The van der Waals surface area contributed by atoms with Crippen LogP contribution in [0.25, 0.3) is 5.70 Å². The molecule has 3 N–H and O–H groups in total. The van der Waals surface area contributed by atoms with Crippen LogP contribution >= 0.6 is 11.6 Å². The summed E-state index contributed by atoms with van der Waals surface area (Å²) in [5, 5.41) is 9.03. The van der Waals surface area contributed by atoms with E-state index >= 15 is 0 Å². The molecule has 1 saturated heterocycles. The molecule has 2 fully saturated rings. The number of hydrogen-bond donors (Lipinski definition) is 2. The molecule has 0 radical (unpaired) electrons. The van der Waals surface area contributed by atoms with Gasteiger partial charge < -0.3 is 15.6 Å². The molecule has 4 rings (SSSR count). The molecule has 1 saturated carbocycles. The van der Waals surface area contributed by atoms with E-state index in [1.54, 1.807) is 0 Å². The summed E-state index contributed by atoms with van der Waals surface area (Å²) in [6, 6.07) is 7.62. The molecule has 2 aromatic rings. The fourth-order valence-corrected chi connectivity index (χ4v) is 4.27. The third-order valence-electron chi connectivity index (χ3n) is 6.02. The number of allylic oxidation sites excluding steroid dienone is 1. The van der Waals surface area contributed by atoms with Gasteiger partial charge in [-0.05, 0) is 55.5 Å². The first-order chi connectivity index (χ1) is 16.2. The van der Waals surface area contributed by atoms with Crippen molar-refractivity contribution in [2.75, 3.05) is 6.61 Å². The summed E-state index contributed by atoms with van der Waals surface area (Å²) in [6.07, 6.45) is -1.43. The second-order valence-electron chi connectivity index (χ2n) is 8.18. The van der Waals surface area contributed by atoms with Crippen LogP contribution in [-0.2, 0) is 10.2 Å². The molecule has 0 atom stereocenters. The normalized spacial score (nSPS) is 19.6. The van der Waals surface area contributed by atoms with Gasteiger partial charge in [-0.25, -0.2) is 23.0 Å². The van der Waals surface area contributed by atoms with Crippen molar-refractivity contribution in [1.82, 2.24) is 0 Å². The Hall–Kier alpha value is -3.33. The molecule has 10 heteroatoms. The van der Waals surface area contributed by atoms with Gasteiger partial charge in [0.05, 0.1) is 39.6 Å². The molecule has 1 heterocycles. The number of hydrogen-bond acceptors (Lipinski definition) is 4.